The Kier molecular flexibility index (Phi) is 4.21. The van der Waals surface area contributed by atoms with E-state index in [9.17, 15) is 0 Å². The van der Waals surface area contributed by atoms with E-state index in [0.29, 0.717) is 32.6 Å². The first-order valence-corrected chi connectivity index (χ1v) is 9.37. The third kappa shape index (κ3) is 2.90. The van der Waals surface area contributed by atoms with Crippen LogP contribution in [0.1, 0.15) is 18.1 Å². The minimum absolute atomic E-state index is 0.101. The van der Waals surface area contributed by atoms with Gasteiger partial charge in [-0.15, -0.1) is 31.7 Å². The molecule has 0 aliphatic rings. The Morgan fingerprint density at radius 2 is 2.12 bits per heavy atom. The second-order valence-corrected chi connectivity index (χ2v) is 7.96. The van der Waals surface area contributed by atoms with Crippen LogP contribution >= 0.6 is 46.3 Å². The van der Waals surface area contributed by atoms with Gasteiger partial charge in [-0.3, -0.25) is 4.40 Å². The van der Waals surface area contributed by atoms with Crippen LogP contribution in [0.4, 0.5) is 0 Å². The van der Waals surface area contributed by atoms with E-state index in [1.165, 1.54) is 11.8 Å². The first-order chi connectivity index (χ1) is 11.6. The molecule has 24 heavy (non-hydrogen) atoms. The van der Waals surface area contributed by atoms with Crippen LogP contribution in [0.15, 0.2) is 39.3 Å². The molecule has 0 N–H and O–H groups in total. The van der Waals surface area contributed by atoms with Gasteiger partial charge in [0.25, 0.3) is 5.89 Å². The fourth-order valence-electron chi connectivity index (χ4n) is 2.09. The van der Waals surface area contributed by atoms with E-state index in [4.69, 9.17) is 27.6 Å². The van der Waals surface area contributed by atoms with Gasteiger partial charge in [-0.2, -0.15) is 0 Å². The minimum atomic E-state index is -0.101. The predicted octanol–water partition coefficient (Wildman–Crippen LogP) is 5.00. The number of rotatable bonds is 4. The van der Waals surface area contributed by atoms with Gasteiger partial charge < -0.3 is 4.42 Å². The Morgan fingerprint density at radius 1 is 1.25 bits per heavy atom. The molecule has 0 saturated heterocycles. The van der Waals surface area contributed by atoms with Crippen molar-refractivity contribution in [3.63, 3.8) is 0 Å². The van der Waals surface area contributed by atoms with Gasteiger partial charge in [0.2, 0.25) is 5.89 Å². The number of thiophene rings is 1. The molecule has 0 radical (unpaired) electrons. The predicted molar refractivity (Wildman–Crippen MR) is 94.9 cm³/mol. The molecule has 0 aliphatic carbocycles. The number of hydrogen-bond donors (Lipinski definition) is 0. The maximum atomic E-state index is 6.13. The first kappa shape index (κ1) is 15.9. The maximum Gasteiger partial charge on any atom is 0.257 e. The number of pyridine rings is 1. The molecule has 0 unspecified atom stereocenters. The minimum Gasteiger partial charge on any atom is -0.419 e. The van der Waals surface area contributed by atoms with Crippen molar-refractivity contribution in [1.29, 1.82) is 0 Å². The van der Waals surface area contributed by atoms with Crippen LogP contribution in [-0.2, 0) is 0 Å². The van der Waals surface area contributed by atoms with E-state index in [0.717, 1.165) is 4.88 Å². The third-order valence-electron chi connectivity index (χ3n) is 3.20. The van der Waals surface area contributed by atoms with Crippen LogP contribution in [0.25, 0.3) is 16.4 Å². The number of hydrogen-bond acceptors (Lipinski definition) is 7. The molecule has 0 fully saturated rings. The molecule has 122 valence electrons. The van der Waals surface area contributed by atoms with Crippen LogP contribution in [0.5, 0.6) is 0 Å². The summed E-state index contributed by atoms with van der Waals surface area (Å²) in [7, 11) is 0. The zero-order valence-electron chi connectivity index (χ0n) is 12.2. The molecule has 0 saturated carbocycles. The molecule has 4 rings (SSSR count). The Hall–Kier alpha value is -1.61. The highest BCUT2D eigenvalue weighted by molar-refractivity contribution is 7.99. The number of nitrogens with zero attached hydrogens (tertiary/aromatic N) is 5. The summed E-state index contributed by atoms with van der Waals surface area (Å²) in [6.45, 7) is 1.96. The molecule has 6 nitrogen and oxygen atoms in total. The summed E-state index contributed by atoms with van der Waals surface area (Å²) < 4.78 is 7.51. The van der Waals surface area contributed by atoms with Crippen molar-refractivity contribution in [2.24, 2.45) is 0 Å². The lowest BCUT2D eigenvalue weighted by Crippen LogP contribution is -1.93. The van der Waals surface area contributed by atoms with Crippen LogP contribution in [0, 0.1) is 0 Å². The van der Waals surface area contributed by atoms with Crippen LogP contribution in [0.3, 0.4) is 0 Å². The summed E-state index contributed by atoms with van der Waals surface area (Å²) in [5, 5.41) is 20.0. The topological polar surface area (TPSA) is 69.1 Å². The van der Waals surface area contributed by atoms with Gasteiger partial charge in [-0.05, 0) is 24.4 Å². The largest absolute Gasteiger partial charge is 0.419 e. The smallest absolute Gasteiger partial charge is 0.257 e. The van der Waals surface area contributed by atoms with E-state index < -0.39 is 0 Å². The molecule has 0 aromatic carbocycles. The summed E-state index contributed by atoms with van der Waals surface area (Å²) in [6, 6.07) is 5.52. The number of halogens is 2. The van der Waals surface area contributed by atoms with Crippen molar-refractivity contribution < 1.29 is 4.42 Å². The summed E-state index contributed by atoms with van der Waals surface area (Å²) in [5.41, 5.74) is 0.556. The summed E-state index contributed by atoms with van der Waals surface area (Å²) in [6.07, 6.45) is 1.72. The second-order valence-electron chi connectivity index (χ2n) is 4.87. The molecule has 0 aliphatic heterocycles. The highest BCUT2D eigenvalue weighted by Gasteiger charge is 2.20. The highest BCUT2D eigenvalue weighted by Crippen LogP contribution is 2.36. The molecule has 0 spiro atoms. The molecular weight excluding hydrogens is 389 g/mol. The van der Waals surface area contributed by atoms with Crippen molar-refractivity contribution >= 4 is 51.9 Å². The fourth-order valence-corrected chi connectivity index (χ4v) is 4.10. The first-order valence-electron chi connectivity index (χ1n) is 6.85. The van der Waals surface area contributed by atoms with Crippen molar-refractivity contribution in [1.82, 2.24) is 24.8 Å². The molecule has 4 heterocycles. The highest BCUT2D eigenvalue weighted by atomic mass is 35.5. The third-order valence-corrected chi connectivity index (χ3v) is 5.58. The standard InChI is InChI=1S/C14H9Cl2N5OS2/c1-7(12-18-19-13(22-12)10-3-2-4-23-10)24-14-20-17-11-9(16)5-8(15)6-21(11)14/h2-7H,1H3/t7-/m0/s1. The molecule has 10 heteroatoms. The van der Waals surface area contributed by atoms with Crippen molar-refractivity contribution in [3.8, 4) is 10.8 Å². The average Bonchev–Trinajstić information content (AvgIpc) is 3.27. The average molecular weight is 398 g/mol. The van der Waals surface area contributed by atoms with Crippen molar-refractivity contribution in [2.45, 2.75) is 17.3 Å². The lowest BCUT2D eigenvalue weighted by molar-refractivity contribution is 0.510. The Bertz CT molecular complexity index is 998. The van der Waals surface area contributed by atoms with E-state index in [2.05, 4.69) is 20.4 Å². The van der Waals surface area contributed by atoms with Crippen LogP contribution in [0.2, 0.25) is 10.0 Å². The normalized spacial score (nSPS) is 12.8. The maximum absolute atomic E-state index is 6.13. The Balaban J connectivity index is 1.61. The number of thioether (sulfide) groups is 1. The van der Waals surface area contributed by atoms with E-state index in [1.54, 1.807) is 28.0 Å². The molecule has 0 amide bonds. The van der Waals surface area contributed by atoms with Gasteiger partial charge in [0.05, 0.1) is 20.2 Å². The number of aromatic nitrogens is 5. The zero-order valence-corrected chi connectivity index (χ0v) is 15.3. The summed E-state index contributed by atoms with van der Waals surface area (Å²) in [5.74, 6) is 1.04. The van der Waals surface area contributed by atoms with E-state index in [-0.39, 0.29) is 5.25 Å². The summed E-state index contributed by atoms with van der Waals surface area (Å²) >= 11 is 15.2. The molecule has 4 aromatic heterocycles. The van der Waals surface area contributed by atoms with Crippen LogP contribution in [-0.4, -0.2) is 24.8 Å². The van der Waals surface area contributed by atoms with Gasteiger partial charge in [0, 0.05) is 6.20 Å². The van der Waals surface area contributed by atoms with Gasteiger partial charge >= 0.3 is 0 Å². The Morgan fingerprint density at radius 3 is 2.92 bits per heavy atom. The molecule has 1 atom stereocenters. The quantitative estimate of drug-likeness (QED) is 0.451. The second kappa shape index (κ2) is 6.36. The molecular formula is C14H9Cl2N5OS2. The monoisotopic (exact) mass is 397 g/mol. The van der Waals surface area contributed by atoms with Gasteiger partial charge in [-0.25, -0.2) is 0 Å². The van der Waals surface area contributed by atoms with E-state index >= 15 is 0 Å². The lowest BCUT2D eigenvalue weighted by atomic mass is 10.5. The summed E-state index contributed by atoms with van der Waals surface area (Å²) in [4.78, 5) is 0.942. The zero-order chi connectivity index (χ0) is 16.7. The SMILES string of the molecule is C[C@H](Sc1nnc2c(Cl)cc(Cl)cn12)c1nnc(-c2cccs2)o1. The van der Waals surface area contributed by atoms with Crippen molar-refractivity contribution in [3.05, 3.63) is 45.7 Å². The molecule has 0 bridgehead atoms. The van der Waals surface area contributed by atoms with E-state index in [1.807, 2.05) is 24.4 Å². The fraction of sp³-hybridized carbons (Fsp3) is 0.143. The van der Waals surface area contributed by atoms with Crippen molar-refractivity contribution in [2.75, 3.05) is 0 Å². The van der Waals surface area contributed by atoms with Gasteiger partial charge in [0.15, 0.2) is 10.8 Å². The number of fused-ring (bicyclic) bond motifs is 1. The molecule has 4 aromatic rings. The lowest BCUT2D eigenvalue weighted by Gasteiger charge is -2.05. The van der Waals surface area contributed by atoms with Crippen LogP contribution < -0.4 is 0 Å². The van der Waals surface area contributed by atoms with Gasteiger partial charge in [0.1, 0.15) is 0 Å². The van der Waals surface area contributed by atoms with Gasteiger partial charge in [-0.1, -0.05) is 41.0 Å². The Labute approximate surface area is 154 Å².